The molecule has 6 heteroatoms. The zero-order valence-electron chi connectivity index (χ0n) is 12.2. The predicted molar refractivity (Wildman–Crippen MR) is 75.1 cm³/mol. The van der Waals surface area contributed by atoms with Gasteiger partial charge in [-0.1, -0.05) is 11.6 Å². The van der Waals surface area contributed by atoms with Gasteiger partial charge in [0.15, 0.2) is 0 Å². The van der Waals surface area contributed by atoms with Crippen LogP contribution in [0.4, 0.5) is 0 Å². The summed E-state index contributed by atoms with van der Waals surface area (Å²) in [4.78, 5) is 13.6. The predicted octanol–water partition coefficient (Wildman–Crippen LogP) is 2.16. The molecule has 0 aromatic carbocycles. The zero-order valence-corrected chi connectivity index (χ0v) is 13.0. The summed E-state index contributed by atoms with van der Waals surface area (Å²) in [6, 6.07) is 0.218. The van der Waals surface area contributed by atoms with Crippen molar-refractivity contribution in [3.8, 4) is 0 Å². The number of ether oxygens (including phenoxy) is 1. The molecule has 0 saturated heterocycles. The van der Waals surface area contributed by atoms with Gasteiger partial charge in [-0.25, -0.2) is 0 Å². The number of halogens is 1. The fourth-order valence-corrected chi connectivity index (χ4v) is 2.06. The summed E-state index contributed by atoms with van der Waals surface area (Å²) in [6.07, 6.45) is 0. The Hall–Kier alpha value is -1.07. The van der Waals surface area contributed by atoms with Crippen LogP contribution >= 0.6 is 11.6 Å². The molecular weight excluding hydrogens is 266 g/mol. The van der Waals surface area contributed by atoms with E-state index in [-0.39, 0.29) is 18.6 Å². The summed E-state index contributed by atoms with van der Waals surface area (Å²) >= 11 is 6.23. The summed E-state index contributed by atoms with van der Waals surface area (Å²) in [5, 5.41) is 4.94. The van der Waals surface area contributed by atoms with Crippen molar-refractivity contribution in [2.75, 3.05) is 13.2 Å². The Kier molecular flexibility index (Phi) is 5.82. The van der Waals surface area contributed by atoms with E-state index in [2.05, 4.69) is 5.10 Å². The van der Waals surface area contributed by atoms with Gasteiger partial charge in [0.2, 0.25) is 0 Å². The van der Waals surface area contributed by atoms with Crippen molar-refractivity contribution in [2.24, 2.45) is 7.05 Å². The molecule has 0 N–H and O–H groups in total. The first-order valence-electron chi connectivity index (χ1n) is 6.44. The number of rotatable bonds is 6. The van der Waals surface area contributed by atoms with Gasteiger partial charge >= 0.3 is 5.97 Å². The molecule has 0 bridgehead atoms. The molecule has 0 amide bonds. The topological polar surface area (TPSA) is 47.4 Å². The van der Waals surface area contributed by atoms with E-state index >= 15 is 0 Å². The zero-order chi connectivity index (χ0) is 14.6. The Morgan fingerprint density at radius 3 is 2.58 bits per heavy atom. The highest BCUT2D eigenvalue weighted by molar-refractivity contribution is 6.31. The number of nitrogens with zero attached hydrogens (tertiary/aromatic N) is 3. The Balaban J connectivity index is 2.81. The lowest BCUT2D eigenvalue weighted by molar-refractivity contribution is -0.145. The minimum Gasteiger partial charge on any atom is -0.465 e. The fourth-order valence-electron chi connectivity index (χ4n) is 1.84. The van der Waals surface area contributed by atoms with Crippen LogP contribution in [-0.2, 0) is 23.1 Å². The molecule has 1 aromatic heterocycles. The number of carbonyl (C=O) groups excluding carboxylic acids is 1. The highest BCUT2D eigenvalue weighted by Crippen LogP contribution is 2.21. The molecule has 0 aliphatic heterocycles. The van der Waals surface area contributed by atoms with E-state index in [1.165, 1.54) is 0 Å². The highest BCUT2D eigenvalue weighted by Gasteiger charge is 2.19. The molecular formula is C13H22ClN3O2. The van der Waals surface area contributed by atoms with E-state index in [0.717, 1.165) is 11.4 Å². The minimum atomic E-state index is -0.216. The van der Waals surface area contributed by atoms with Crippen LogP contribution in [0.25, 0.3) is 0 Å². The van der Waals surface area contributed by atoms with Crippen LogP contribution in [0, 0.1) is 6.92 Å². The largest absolute Gasteiger partial charge is 0.465 e. The molecule has 1 aromatic rings. The van der Waals surface area contributed by atoms with Crippen molar-refractivity contribution in [1.29, 1.82) is 0 Å². The monoisotopic (exact) mass is 287 g/mol. The number of hydrogen-bond donors (Lipinski definition) is 0. The fraction of sp³-hybridized carbons (Fsp3) is 0.692. The van der Waals surface area contributed by atoms with Gasteiger partial charge in [0.25, 0.3) is 0 Å². The van der Waals surface area contributed by atoms with Crippen molar-refractivity contribution in [2.45, 2.75) is 40.3 Å². The molecule has 0 fully saturated rings. The first-order chi connectivity index (χ1) is 8.86. The average molecular weight is 288 g/mol. The molecule has 1 rings (SSSR count). The molecule has 1 heterocycles. The Labute approximate surface area is 119 Å². The first kappa shape index (κ1) is 16.0. The van der Waals surface area contributed by atoms with Crippen LogP contribution in [0.2, 0.25) is 5.02 Å². The summed E-state index contributed by atoms with van der Waals surface area (Å²) in [7, 11) is 1.86. The van der Waals surface area contributed by atoms with Crippen molar-refractivity contribution in [3.05, 3.63) is 16.4 Å². The second-order valence-electron chi connectivity index (χ2n) is 4.77. The van der Waals surface area contributed by atoms with Crippen LogP contribution in [0.15, 0.2) is 0 Å². The second kappa shape index (κ2) is 6.91. The number of aromatic nitrogens is 2. The first-order valence-corrected chi connectivity index (χ1v) is 6.82. The highest BCUT2D eigenvalue weighted by atomic mass is 35.5. The molecule has 0 radical (unpaired) electrons. The third-order valence-electron chi connectivity index (χ3n) is 2.98. The quantitative estimate of drug-likeness (QED) is 0.752. The molecule has 19 heavy (non-hydrogen) atoms. The van der Waals surface area contributed by atoms with Gasteiger partial charge in [0.1, 0.15) is 0 Å². The van der Waals surface area contributed by atoms with Crippen molar-refractivity contribution in [1.82, 2.24) is 14.7 Å². The van der Waals surface area contributed by atoms with E-state index in [4.69, 9.17) is 16.3 Å². The standard InChI is InChI=1S/C13H22ClN3O2/c1-6-19-12(18)8-17(9(2)3)7-11-13(14)10(4)15-16(11)5/h9H,6-8H2,1-5H3. The summed E-state index contributed by atoms with van der Waals surface area (Å²) in [6.45, 7) is 8.98. The second-order valence-corrected chi connectivity index (χ2v) is 5.15. The van der Waals surface area contributed by atoms with E-state index in [9.17, 15) is 4.79 Å². The third-order valence-corrected chi connectivity index (χ3v) is 3.47. The van der Waals surface area contributed by atoms with Gasteiger partial charge in [0.05, 0.1) is 29.6 Å². The van der Waals surface area contributed by atoms with Gasteiger partial charge in [-0.2, -0.15) is 5.10 Å². The van der Waals surface area contributed by atoms with Crippen LogP contribution < -0.4 is 0 Å². The van der Waals surface area contributed by atoms with E-state index in [0.29, 0.717) is 18.2 Å². The molecule has 0 aliphatic carbocycles. The molecule has 0 saturated carbocycles. The molecule has 0 spiro atoms. The Morgan fingerprint density at radius 1 is 1.53 bits per heavy atom. The van der Waals surface area contributed by atoms with Crippen LogP contribution in [0.3, 0.4) is 0 Å². The van der Waals surface area contributed by atoms with Crippen LogP contribution in [-0.4, -0.2) is 39.8 Å². The maximum atomic E-state index is 11.6. The number of hydrogen-bond acceptors (Lipinski definition) is 4. The van der Waals surface area contributed by atoms with Gasteiger partial charge in [-0.05, 0) is 27.7 Å². The lowest BCUT2D eigenvalue weighted by atomic mass is 10.2. The van der Waals surface area contributed by atoms with E-state index in [1.807, 2.05) is 32.7 Å². The molecule has 0 unspecified atom stereocenters. The van der Waals surface area contributed by atoms with E-state index in [1.54, 1.807) is 11.6 Å². The van der Waals surface area contributed by atoms with Crippen molar-refractivity contribution >= 4 is 17.6 Å². The third kappa shape index (κ3) is 4.21. The number of aryl methyl sites for hydroxylation is 2. The Morgan fingerprint density at radius 2 is 2.16 bits per heavy atom. The SMILES string of the molecule is CCOC(=O)CN(Cc1c(Cl)c(C)nn1C)C(C)C. The number of esters is 1. The Bertz CT molecular complexity index is 443. The average Bonchev–Trinajstić information content (AvgIpc) is 2.55. The van der Waals surface area contributed by atoms with E-state index < -0.39 is 0 Å². The maximum Gasteiger partial charge on any atom is 0.320 e. The number of carbonyl (C=O) groups is 1. The smallest absolute Gasteiger partial charge is 0.320 e. The van der Waals surface area contributed by atoms with Crippen molar-refractivity contribution < 1.29 is 9.53 Å². The van der Waals surface area contributed by atoms with Gasteiger partial charge < -0.3 is 4.74 Å². The molecule has 108 valence electrons. The lowest BCUT2D eigenvalue weighted by Gasteiger charge is -2.25. The molecule has 5 nitrogen and oxygen atoms in total. The van der Waals surface area contributed by atoms with Crippen LogP contribution in [0.1, 0.15) is 32.2 Å². The minimum absolute atomic E-state index is 0.216. The summed E-state index contributed by atoms with van der Waals surface area (Å²) in [5.41, 5.74) is 1.72. The summed E-state index contributed by atoms with van der Waals surface area (Å²) in [5.74, 6) is -0.216. The molecule has 0 atom stereocenters. The van der Waals surface area contributed by atoms with Crippen LogP contribution in [0.5, 0.6) is 0 Å². The lowest BCUT2D eigenvalue weighted by Crippen LogP contribution is -2.36. The van der Waals surface area contributed by atoms with Crippen molar-refractivity contribution in [3.63, 3.8) is 0 Å². The maximum absolute atomic E-state index is 11.6. The van der Waals surface area contributed by atoms with Gasteiger partial charge in [-0.15, -0.1) is 0 Å². The summed E-state index contributed by atoms with van der Waals surface area (Å²) < 4.78 is 6.75. The normalized spacial score (nSPS) is 11.4. The van der Waals surface area contributed by atoms with Gasteiger partial charge in [-0.3, -0.25) is 14.4 Å². The molecule has 0 aliphatic rings. The van der Waals surface area contributed by atoms with Gasteiger partial charge in [0, 0.05) is 19.6 Å².